The second-order valence-corrected chi connectivity index (χ2v) is 7.25. The Labute approximate surface area is 153 Å². The minimum atomic E-state index is -0.519. The molecule has 0 aromatic rings. The normalized spacial score (nSPS) is 17.9. The monoisotopic (exact) mass is 364 g/mol. The number of hydrogen-bond donors (Lipinski definition) is 3. The Balaban J connectivity index is 4.42. The number of aliphatic hydroxyl groups is 3. The van der Waals surface area contributed by atoms with Crippen molar-refractivity contribution in [2.45, 2.75) is 78.1 Å². The van der Waals surface area contributed by atoms with Crippen molar-refractivity contribution < 1.29 is 29.5 Å². The average molecular weight is 365 g/mol. The zero-order valence-electron chi connectivity index (χ0n) is 16.6. The lowest BCUT2D eigenvalue weighted by atomic mass is 9.88. The predicted octanol–water partition coefficient (Wildman–Crippen LogP) is 2.14. The number of ether oxygens (including phenoxy) is 3. The van der Waals surface area contributed by atoms with Crippen LogP contribution in [0.5, 0.6) is 0 Å². The van der Waals surface area contributed by atoms with Crippen LogP contribution < -0.4 is 0 Å². The van der Waals surface area contributed by atoms with Crippen LogP contribution in [-0.2, 0) is 14.2 Å². The zero-order valence-corrected chi connectivity index (χ0v) is 16.6. The van der Waals surface area contributed by atoms with Gasteiger partial charge in [-0.2, -0.15) is 0 Å². The largest absolute Gasteiger partial charge is 0.391 e. The highest BCUT2D eigenvalue weighted by Gasteiger charge is 2.30. The highest BCUT2D eigenvalue weighted by molar-refractivity contribution is 4.78. The summed E-state index contributed by atoms with van der Waals surface area (Å²) in [7, 11) is 0. The topological polar surface area (TPSA) is 88.4 Å². The van der Waals surface area contributed by atoms with E-state index in [0.29, 0.717) is 26.4 Å². The molecule has 0 radical (unpaired) electrons. The molecule has 25 heavy (non-hydrogen) atoms. The van der Waals surface area contributed by atoms with E-state index in [1.807, 2.05) is 6.92 Å². The summed E-state index contributed by atoms with van der Waals surface area (Å²) in [5.41, 5.74) is -0.354. The molecule has 0 aromatic heterocycles. The van der Waals surface area contributed by atoms with E-state index in [2.05, 4.69) is 6.92 Å². The number of rotatable bonds is 17. The van der Waals surface area contributed by atoms with Crippen LogP contribution in [0.4, 0.5) is 0 Å². The molecule has 0 fully saturated rings. The maximum absolute atomic E-state index is 9.99. The fraction of sp³-hybridized carbons (Fsp3) is 1.00. The quantitative estimate of drug-likeness (QED) is 0.343. The summed E-state index contributed by atoms with van der Waals surface area (Å²) in [6.45, 7) is 9.58. The zero-order chi connectivity index (χ0) is 19.1. The van der Waals surface area contributed by atoms with Crippen molar-refractivity contribution in [3.8, 4) is 0 Å². The lowest BCUT2D eigenvalue weighted by Gasteiger charge is -2.33. The molecular formula is C19H40O6. The Hall–Kier alpha value is -0.240. The predicted molar refractivity (Wildman–Crippen MR) is 98.7 cm³/mol. The van der Waals surface area contributed by atoms with Crippen LogP contribution >= 0.6 is 0 Å². The molecular weight excluding hydrogens is 324 g/mol. The van der Waals surface area contributed by atoms with E-state index < -0.39 is 18.3 Å². The number of aliphatic hydroxyl groups excluding tert-OH is 3. The van der Waals surface area contributed by atoms with Gasteiger partial charge in [-0.15, -0.1) is 0 Å². The van der Waals surface area contributed by atoms with Gasteiger partial charge in [0.25, 0.3) is 0 Å². The van der Waals surface area contributed by atoms with Crippen LogP contribution in [0.1, 0.15) is 59.8 Å². The van der Waals surface area contributed by atoms with Crippen molar-refractivity contribution >= 4 is 0 Å². The van der Waals surface area contributed by atoms with Crippen molar-refractivity contribution in [3.63, 3.8) is 0 Å². The van der Waals surface area contributed by atoms with Gasteiger partial charge < -0.3 is 29.5 Å². The molecule has 0 spiro atoms. The highest BCUT2D eigenvalue weighted by Crippen LogP contribution is 2.24. The van der Waals surface area contributed by atoms with Crippen molar-refractivity contribution in [1.82, 2.24) is 0 Å². The number of unbranched alkanes of at least 4 members (excludes halogenated alkanes) is 2. The van der Waals surface area contributed by atoms with Gasteiger partial charge >= 0.3 is 0 Å². The molecule has 3 N–H and O–H groups in total. The average Bonchev–Trinajstić information content (AvgIpc) is 2.54. The minimum Gasteiger partial charge on any atom is -0.391 e. The van der Waals surface area contributed by atoms with Gasteiger partial charge in [-0.25, -0.2) is 0 Å². The lowest BCUT2D eigenvalue weighted by Crippen LogP contribution is -2.39. The molecule has 3 unspecified atom stereocenters. The van der Waals surface area contributed by atoms with Gasteiger partial charge in [0.15, 0.2) is 0 Å². The maximum Gasteiger partial charge on any atom is 0.0773 e. The first-order valence-electron chi connectivity index (χ1n) is 9.62. The first kappa shape index (κ1) is 24.8. The third-order valence-corrected chi connectivity index (χ3v) is 4.14. The van der Waals surface area contributed by atoms with E-state index in [0.717, 1.165) is 32.1 Å². The van der Waals surface area contributed by atoms with Crippen LogP contribution in [0.2, 0.25) is 0 Å². The third-order valence-electron chi connectivity index (χ3n) is 4.14. The summed E-state index contributed by atoms with van der Waals surface area (Å²) in [6, 6.07) is 0. The Kier molecular flexibility index (Phi) is 14.7. The van der Waals surface area contributed by atoms with Crippen molar-refractivity contribution in [2.75, 3.05) is 39.6 Å². The summed E-state index contributed by atoms with van der Waals surface area (Å²) in [5, 5.41) is 28.7. The van der Waals surface area contributed by atoms with Gasteiger partial charge in [0.2, 0.25) is 0 Å². The molecule has 0 amide bonds. The molecule has 0 saturated heterocycles. The summed E-state index contributed by atoms with van der Waals surface area (Å²) in [4.78, 5) is 0. The van der Waals surface area contributed by atoms with Crippen LogP contribution in [0.15, 0.2) is 0 Å². The van der Waals surface area contributed by atoms with E-state index in [1.54, 1.807) is 13.8 Å². The molecule has 0 bridgehead atoms. The van der Waals surface area contributed by atoms with E-state index in [4.69, 9.17) is 14.2 Å². The SMILES string of the molecule is CCCCCC(O)COCC(CC)(COCC(C)O)COCC(C)O. The Bertz CT molecular complexity index is 282. The van der Waals surface area contributed by atoms with Crippen LogP contribution in [-0.4, -0.2) is 73.3 Å². The Morgan fingerprint density at radius 1 is 0.760 bits per heavy atom. The van der Waals surface area contributed by atoms with E-state index in [1.165, 1.54) is 0 Å². The van der Waals surface area contributed by atoms with Crippen LogP contribution in [0, 0.1) is 5.41 Å². The Morgan fingerprint density at radius 2 is 1.24 bits per heavy atom. The van der Waals surface area contributed by atoms with E-state index in [9.17, 15) is 15.3 Å². The summed E-state index contributed by atoms with van der Waals surface area (Å²) >= 11 is 0. The molecule has 0 aliphatic rings. The Morgan fingerprint density at radius 3 is 1.64 bits per heavy atom. The molecule has 0 aromatic carbocycles. The maximum atomic E-state index is 9.99. The van der Waals surface area contributed by atoms with Gasteiger partial charge in [-0.1, -0.05) is 33.1 Å². The lowest BCUT2D eigenvalue weighted by molar-refractivity contribution is -0.0984. The highest BCUT2D eigenvalue weighted by atomic mass is 16.5. The van der Waals surface area contributed by atoms with Crippen molar-refractivity contribution in [3.05, 3.63) is 0 Å². The summed E-state index contributed by atoms with van der Waals surface area (Å²) in [5.74, 6) is 0. The standard InChI is InChI=1S/C19H40O6/c1-5-7-8-9-18(22)12-25-15-19(6-2,13-23-10-16(3)20)14-24-11-17(4)21/h16-18,20-22H,5-15H2,1-4H3. The molecule has 0 aliphatic heterocycles. The van der Waals surface area contributed by atoms with E-state index in [-0.39, 0.29) is 18.6 Å². The van der Waals surface area contributed by atoms with E-state index >= 15 is 0 Å². The van der Waals surface area contributed by atoms with Crippen molar-refractivity contribution in [2.24, 2.45) is 5.41 Å². The van der Waals surface area contributed by atoms with Crippen molar-refractivity contribution in [1.29, 1.82) is 0 Å². The molecule has 0 rings (SSSR count). The molecule has 3 atom stereocenters. The van der Waals surface area contributed by atoms with Gasteiger partial charge in [0, 0.05) is 5.41 Å². The minimum absolute atomic E-state index is 0.262. The molecule has 0 aliphatic carbocycles. The molecule has 6 heteroatoms. The first-order valence-corrected chi connectivity index (χ1v) is 9.62. The first-order chi connectivity index (χ1) is 11.8. The second kappa shape index (κ2) is 14.9. The molecule has 152 valence electrons. The van der Waals surface area contributed by atoms with Gasteiger partial charge in [-0.3, -0.25) is 0 Å². The summed E-state index contributed by atoms with van der Waals surface area (Å²) in [6.07, 6.45) is 3.31. The molecule has 0 saturated carbocycles. The third kappa shape index (κ3) is 13.6. The fourth-order valence-corrected chi connectivity index (χ4v) is 2.45. The second-order valence-electron chi connectivity index (χ2n) is 7.25. The van der Waals surface area contributed by atoms with Gasteiger partial charge in [0.05, 0.1) is 58.0 Å². The molecule has 0 heterocycles. The fourth-order valence-electron chi connectivity index (χ4n) is 2.45. The van der Waals surface area contributed by atoms with Crippen LogP contribution in [0.25, 0.3) is 0 Å². The number of hydrogen-bond acceptors (Lipinski definition) is 6. The smallest absolute Gasteiger partial charge is 0.0773 e. The van der Waals surface area contributed by atoms with Gasteiger partial charge in [0.1, 0.15) is 0 Å². The molecule has 6 nitrogen and oxygen atoms in total. The van der Waals surface area contributed by atoms with Crippen LogP contribution in [0.3, 0.4) is 0 Å². The summed E-state index contributed by atoms with van der Waals surface area (Å²) < 4.78 is 17.0. The van der Waals surface area contributed by atoms with Gasteiger partial charge in [-0.05, 0) is 26.7 Å².